The largest absolute Gasteiger partial charge is 0.493 e. The van der Waals surface area contributed by atoms with Gasteiger partial charge in [0.05, 0.1) is 17.7 Å². The third kappa shape index (κ3) is 4.67. The Morgan fingerprint density at radius 3 is 2.65 bits per heavy atom. The van der Waals surface area contributed by atoms with Crippen molar-refractivity contribution in [1.82, 2.24) is 20.9 Å². The molecule has 3 atom stereocenters. The highest BCUT2D eigenvalue weighted by atomic mass is 16.5. The minimum atomic E-state index is -0.217. The summed E-state index contributed by atoms with van der Waals surface area (Å²) >= 11 is 0. The number of carbonyl (C=O) groups is 2. The number of anilines is 1. The van der Waals surface area contributed by atoms with Crippen molar-refractivity contribution in [3.63, 3.8) is 0 Å². The van der Waals surface area contributed by atoms with Gasteiger partial charge in [0.2, 0.25) is 0 Å². The van der Waals surface area contributed by atoms with E-state index in [0.29, 0.717) is 29.8 Å². The van der Waals surface area contributed by atoms with Gasteiger partial charge in [0.15, 0.2) is 0 Å². The van der Waals surface area contributed by atoms with E-state index in [-0.39, 0.29) is 23.4 Å². The Balaban J connectivity index is 1.09. The van der Waals surface area contributed by atoms with Gasteiger partial charge in [-0.15, -0.1) is 0 Å². The Morgan fingerprint density at radius 2 is 1.95 bits per heavy atom. The normalized spacial score (nSPS) is 28.4. The Morgan fingerprint density at radius 1 is 1.14 bits per heavy atom. The second kappa shape index (κ2) is 9.63. The number of hydrogen-bond donors (Lipinski definition) is 3. The molecule has 4 aliphatic heterocycles. The van der Waals surface area contributed by atoms with Crippen molar-refractivity contribution in [2.45, 2.75) is 82.5 Å². The molecule has 3 N–H and O–H groups in total. The van der Waals surface area contributed by atoms with E-state index in [1.807, 2.05) is 31.2 Å². The van der Waals surface area contributed by atoms with Crippen LogP contribution in [0.4, 0.5) is 5.82 Å². The maximum absolute atomic E-state index is 13.2. The molecule has 0 saturated carbocycles. The van der Waals surface area contributed by atoms with Gasteiger partial charge in [-0.05, 0) is 82.7 Å². The number of aromatic nitrogens is 1. The van der Waals surface area contributed by atoms with Crippen LogP contribution in [0, 0.1) is 6.92 Å². The van der Waals surface area contributed by atoms with E-state index in [2.05, 4.69) is 27.8 Å². The Hall–Kier alpha value is -3.13. The van der Waals surface area contributed by atoms with E-state index >= 15 is 0 Å². The van der Waals surface area contributed by atoms with Crippen molar-refractivity contribution in [1.29, 1.82) is 0 Å². The van der Waals surface area contributed by atoms with Crippen molar-refractivity contribution >= 4 is 17.6 Å². The summed E-state index contributed by atoms with van der Waals surface area (Å²) in [6, 6.07) is 8.66. The minimum Gasteiger partial charge on any atom is -0.493 e. The fraction of sp³-hybridized carbons (Fsp3) is 0.552. The van der Waals surface area contributed by atoms with E-state index in [4.69, 9.17) is 9.72 Å². The molecule has 2 unspecified atom stereocenters. The quantitative estimate of drug-likeness (QED) is 0.580. The first-order valence-electron chi connectivity index (χ1n) is 13.7. The lowest BCUT2D eigenvalue weighted by molar-refractivity contribution is 0.0888. The SMILES string of the molecule is Cc1c(C(=O)NC2CC3CCC(C2)N3c2ccc(C(=O)N[C@@]3(C)CCCNC3)cn2)ccc2c1OCC2. The summed E-state index contributed by atoms with van der Waals surface area (Å²) in [6.45, 7) is 6.57. The highest BCUT2D eigenvalue weighted by Crippen LogP contribution is 2.39. The van der Waals surface area contributed by atoms with Crippen molar-refractivity contribution in [3.8, 4) is 5.75 Å². The van der Waals surface area contributed by atoms with Crippen LogP contribution in [-0.4, -0.2) is 60.2 Å². The Labute approximate surface area is 218 Å². The number of ether oxygens (including phenoxy) is 1. The maximum Gasteiger partial charge on any atom is 0.253 e. The van der Waals surface area contributed by atoms with Gasteiger partial charge in [-0.1, -0.05) is 6.07 Å². The summed E-state index contributed by atoms with van der Waals surface area (Å²) in [5, 5.41) is 9.87. The second-order valence-electron chi connectivity index (χ2n) is 11.5. The van der Waals surface area contributed by atoms with Crippen LogP contribution in [-0.2, 0) is 6.42 Å². The maximum atomic E-state index is 13.2. The molecule has 6 rings (SSSR count). The average molecular weight is 504 g/mol. The van der Waals surface area contributed by atoms with Gasteiger partial charge in [0, 0.05) is 48.4 Å². The fourth-order valence-corrected chi connectivity index (χ4v) is 6.77. The van der Waals surface area contributed by atoms with Gasteiger partial charge in [0.1, 0.15) is 11.6 Å². The fourth-order valence-electron chi connectivity index (χ4n) is 6.77. The summed E-state index contributed by atoms with van der Waals surface area (Å²) in [7, 11) is 0. The molecule has 1 aromatic carbocycles. The number of piperidine rings is 2. The molecule has 5 heterocycles. The first-order valence-corrected chi connectivity index (χ1v) is 13.7. The standard InChI is InChI=1S/C29H37N5O3/c1-18-24(8-4-19-10-13-37-26(18)19)28(36)32-21-14-22-6-7-23(15-21)34(22)25-9-5-20(16-31-25)27(35)33-29(2)11-3-12-30-17-29/h4-5,8-9,16,21-23,30H,3,6-7,10-15,17H2,1-2H3,(H,32,36)(H,33,35)/t21?,22?,23?,29-/m0/s1. The summed E-state index contributed by atoms with van der Waals surface area (Å²) in [5.41, 5.74) is 3.22. The van der Waals surface area contributed by atoms with Crippen LogP contribution in [0.15, 0.2) is 30.5 Å². The van der Waals surface area contributed by atoms with Gasteiger partial charge >= 0.3 is 0 Å². The summed E-state index contributed by atoms with van der Waals surface area (Å²) in [5.74, 6) is 1.73. The minimum absolute atomic E-state index is 0.0102. The van der Waals surface area contributed by atoms with Crippen LogP contribution in [0.3, 0.4) is 0 Å². The van der Waals surface area contributed by atoms with Crippen molar-refractivity contribution < 1.29 is 14.3 Å². The molecule has 2 aromatic rings. The van der Waals surface area contributed by atoms with Gasteiger partial charge in [0.25, 0.3) is 11.8 Å². The number of nitrogens with zero attached hydrogens (tertiary/aromatic N) is 2. The lowest BCUT2D eigenvalue weighted by atomic mass is 9.92. The third-order valence-corrected chi connectivity index (χ3v) is 8.71. The Kier molecular flexibility index (Phi) is 6.31. The number of nitrogens with one attached hydrogen (secondary N) is 3. The number of pyridine rings is 1. The van der Waals surface area contributed by atoms with E-state index in [1.165, 1.54) is 5.56 Å². The molecule has 0 spiro atoms. The lowest BCUT2D eigenvalue weighted by Gasteiger charge is -2.40. The zero-order valence-electron chi connectivity index (χ0n) is 21.8. The zero-order valence-corrected chi connectivity index (χ0v) is 21.8. The molecular weight excluding hydrogens is 466 g/mol. The smallest absolute Gasteiger partial charge is 0.253 e. The monoisotopic (exact) mass is 503 g/mol. The number of carbonyl (C=O) groups excluding carboxylic acids is 2. The van der Waals surface area contributed by atoms with Crippen LogP contribution < -0.4 is 25.6 Å². The molecule has 2 bridgehead atoms. The number of benzene rings is 1. The van der Waals surface area contributed by atoms with E-state index in [0.717, 1.165) is 75.2 Å². The second-order valence-corrected chi connectivity index (χ2v) is 11.5. The lowest BCUT2D eigenvalue weighted by Crippen LogP contribution is -2.55. The van der Waals surface area contributed by atoms with Gasteiger partial charge < -0.3 is 25.6 Å². The van der Waals surface area contributed by atoms with Crippen LogP contribution in [0.2, 0.25) is 0 Å². The first-order chi connectivity index (χ1) is 17.9. The van der Waals surface area contributed by atoms with Crippen LogP contribution in [0.5, 0.6) is 5.75 Å². The molecule has 8 heteroatoms. The highest BCUT2D eigenvalue weighted by molar-refractivity contribution is 5.97. The van der Waals surface area contributed by atoms with Crippen molar-refractivity contribution in [2.24, 2.45) is 0 Å². The predicted octanol–water partition coefficient (Wildman–Crippen LogP) is 3.13. The molecule has 0 aliphatic carbocycles. The molecule has 8 nitrogen and oxygen atoms in total. The number of hydrogen-bond acceptors (Lipinski definition) is 6. The molecule has 0 radical (unpaired) electrons. The van der Waals surface area contributed by atoms with Gasteiger partial charge in [-0.25, -0.2) is 4.98 Å². The number of amides is 2. The van der Waals surface area contributed by atoms with E-state index in [1.54, 1.807) is 6.20 Å². The van der Waals surface area contributed by atoms with E-state index in [9.17, 15) is 9.59 Å². The molecule has 3 fully saturated rings. The highest BCUT2D eigenvalue weighted by Gasteiger charge is 2.42. The molecule has 3 saturated heterocycles. The summed E-state index contributed by atoms with van der Waals surface area (Å²) < 4.78 is 5.76. The molecule has 4 aliphatic rings. The van der Waals surface area contributed by atoms with Gasteiger partial charge in [-0.2, -0.15) is 0 Å². The van der Waals surface area contributed by atoms with E-state index < -0.39 is 0 Å². The van der Waals surface area contributed by atoms with Gasteiger partial charge in [-0.3, -0.25) is 9.59 Å². The predicted molar refractivity (Wildman–Crippen MR) is 142 cm³/mol. The summed E-state index contributed by atoms with van der Waals surface area (Å²) in [4.78, 5) is 33.1. The first kappa shape index (κ1) is 24.2. The molecular formula is C29H37N5O3. The van der Waals surface area contributed by atoms with Crippen LogP contribution >= 0.6 is 0 Å². The number of fused-ring (bicyclic) bond motifs is 3. The molecule has 2 amide bonds. The molecule has 37 heavy (non-hydrogen) atoms. The topological polar surface area (TPSA) is 95.6 Å². The zero-order chi connectivity index (χ0) is 25.6. The molecule has 196 valence electrons. The summed E-state index contributed by atoms with van der Waals surface area (Å²) in [6.07, 6.45) is 8.65. The molecule has 1 aromatic heterocycles. The van der Waals surface area contributed by atoms with Crippen molar-refractivity contribution in [2.75, 3.05) is 24.6 Å². The average Bonchev–Trinajstić information content (AvgIpc) is 3.47. The third-order valence-electron chi connectivity index (χ3n) is 8.71. The van der Waals surface area contributed by atoms with Crippen molar-refractivity contribution in [3.05, 3.63) is 52.7 Å². The van der Waals surface area contributed by atoms with Crippen LogP contribution in [0.25, 0.3) is 0 Å². The Bertz CT molecular complexity index is 1180. The number of rotatable bonds is 5. The van der Waals surface area contributed by atoms with Crippen LogP contribution in [0.1, 0.15) is 77.3 Å².